The molecule has 72 valence electrons. The Balaban J connectivity index is 0.00000144. The SMILES string of the molecule is Cl.N=C(N)c1ccc(F)c(F)c1Br. The summed E-state index contributed by atoms with van der Waals surface area (Å²) in [5, 5.41) is 7.00. The molecule has 1 aromatic carbocycles. The van der Waals surface area contributed by atoms with Crippen molar-refractivity contribution in [3.63, 3.8) is 0 Å². The van der Waals surface area contributed by atoms with Gasteiger partial charge in [0.25, 0.3) is 0 Å². The first-order chi connectivity index (χ1) is 5.54. The van der Waals surface area contributed by atoms with Gasteiger partial charge in [-0.05, 0) is 28.1 Å². The lowest BCUT2D eigenvalue weighted by atomic mass is 10.2. The van der Waals surface area contributed by atoms with E-state index >= 15 is 0 Å². The molecule has 0 bridgehead atoms. The summed E-state index contributed by atoms with van der Waals surface area (Å²) < 4.78 is 25.2. The van der Waals surface area contributed by atoms with Crippen LogP contribution in [0.4, 0.5) is 8.78 Å². The molecule has 0 atom stereocenters. The first kappa shape index (κ1) is 12.3. The number of rotatable bonds is 1. The van der Waals surface area contributed by atoms with Gasteiger partial charge in [0.2, 0.25) is 0 Å². The van der Waals surface area contributed by atoms with E-state index in [4.69, 9.17) is 11.1 Å². The minimum absolute atomic E-state index is 0. The average molecular weight is 271 g/mol. The van der Waals surface area contributed by atoms with Gasteiger partial charge in [0.1, 0.15) is 5.84 Å². The summed E-state index contributed by atoms with van der Waals surface area (Å²) in [7, 11) is 0. The Morgan fingerprint density at radius 3 is 2.38 bits per heavy atom. The number of nitrogens with two attached hydrogens (primary N) is 1. The second-order valence-corrected chi connectivity index (χ2v) is 2.93. The fourth-order valence-corrected chi connectivity index (χ4v) is 1.27. The molecule has 0 aliphatic carbocycles. The third-order valence-electron chi connectivity index (χ3n) is 1.33. The van der Waals surface area contributed by atoms with Crippen LogP contribution in [0.15, 0.2) is 16.6 Å². The van der Waals surface area contributed by atoms with Gasteiger partial charge >= 0.3 is 0 Å². The average Bonchev–Trinajstić information content (AvgIpc) is 2.00. The summed E-state index contributed by atoms with van der Waals surface area (Å²) in [5.41, 5.74) is 5.24. The lowest BCUT2D eigenvalue weighted by Gasteiger charge is -2.02. The molecule has 3 N–H and O–H groups in total. The van der Waals surface area contributed by atoms with E-state index in [1.165, 1.54) is 6.07 Å². The molecule has 6 heteroatoms. The van der Waals surface area contributed by atoms with Crippen LogP contribution in [-0.2, 0) is 0 Å². The van der Waals surface area contributed by atoms with Crippen LogP contribution in [0.25, 0.3) is 0 Å². The summed E-state index contributed by atoms with van der Waals surface area (Å²) in [6.07, 6.45) is 0. The van der Waals surface area contributed by atoms with Crippen molar-refractivity contribution in [2.75, 3.05) is 0 Å². The lowest BCUT2D eigenvalue weighted by molar-refractivity contribution is 0.504. The number of benzene rings is 1. The molecular weight excluding hydrogens is 265 g/mol. The molecule has 2 nitrogen and oxygen atoms in total. The quantitative estimate of drug-likeness (QED) is 0.460. The summed E-state index contributed by atoms with van der Waals surface area (Å²) >= 11 is 2.80. The third-order valence-corrected chi connectivity index (χ3v) is 2.10. The number of amidine groups is 1. The minimum atomic E-state index is -1.03. The standard InChI is InChI=1S/C7H5BrF2N2.ClH/c8-5-3(7(11)12)1-2-4(9)6(5)10;/h1-2H,(H3,11,12);1H. The molecule has 1 aromatic rings. The van der Waals surface area contributed by atoms with Gasteiger partial charge in [0.05, 0.1) is 4.47 Å². The Kier molecular flexibility index (Phi) is 4.29. The van der Waals surface area contributed by atoms with Crippen LogP contribution < -0.4 is 5.73 Å². The zero-order chi connectivity index (χ0) is 9.30. The highest BCUT2D eigenvalue weighted by Gasteiger charge is 2.11. The van der Waals surface area contributed by atoms with Crippen molar-refractivity contribution in [2.45, 2.75) is 0 Å². The fraction of sp³-hybridized carbons (Fsp3) is 0. The predicted octanol–water partition coefficient (Wildman–Crippen LogP) is 2.43. The van der Waals surface area contributed by atoms with Crippen molar-refractivity contribution in [2.24, 2.45) is 5.73 Å². The van der Waals surface area contributed by atoms with Crippen LogP contribution in [0.5, 0.6) is 0 Å². The van der Waals surface area contributed by atoms with Crippen molar-refractivity contribution >= 4 is 34.2 Å². The Morgan fingerprint density at radius 2 is 1.92 bits per heavy atom. The van der Waals surface area contributed by atoms with Crippen molar-refractivity contribution in [3.05, 3.63) is 33.8 Å². The van der Waals surface area contributed by atoms with E-state index in [0.717, 1.165) is 6.07 Å². The second-order valence-electron chi connectivity index (χ2n) is 2.14. The first-order valence-corrected chi connectivity index (χ1v) is 3.81. The highest BCUT2D eigenvalue weighted by atomic mass is 79.9. The zero-order valence-electron chi connectivity index (χ0n) is 6.27. The van der Waals surface area contributed by atoms with E-state index < -0.39 is 11.6 Å². The molecule has 0 aliphatic heterocycles. The van der Waals surface area contributed by atoms with Crippen molar-refractivity contribution in [1.29, 1.82) is 5.41 Å². The normalized spacial score (nSPS) is 9.15. The van der Waals surface area contributed by atoms with Crippen LogP contribution >= 0.6 is 28.3 Å². The zero-order valence-corrected chi connectivity index (χ0v) is 8.68. The topological polar surface area (TPSA) is 49.9 Å². The monoisotopic (exact) mass is 270 g/mol. The van der Waals surface area contributed by atoms with Crippen LogP contribution in [0, 0.1) is 17.0 Å². The number of nitrogens with one attached hydrogen (secondary N) is 1. The van der Waals surface area contributed by atoms with E-state index in [-0.39, 0.29) is 28.3 Å². The first-order valence-electron chi connectivity index (χ1n) is 3.02. The van der Waals surface area contributed by atoms with Crippen molar-refractivity contribution < 1.29 is 8.78 Å². The Bertz CT molecular complexity index is 344. The molecule has 0 radical (unpaired) electrons. The van der Waals surface area contributed by atoms with E-state index in [9.17, 15) is 8.78 Å². The maximum Gasteiger partial charge on any atom is 0.173 e. The van der Waals surface area contributed by atoms with Crippen LogP contribution in [0.3, 0.4) is 0 Å². The Morgan fingerprint density at radius 1 is 1.38 bits per heavy atom. The van der Waals surface area contributed by atoms with Gasteiger partial charge in [-0.3, -0.25) is 5.41 Å². The Hall–Kier alpha value is -0.680. The van der Waals surface area contributed by atoms with Gasteiger partial charge in [-0.25, -0.2) is 8.78 Å². The second kappa shape index (κ2) is 4.53. The maximum absolute atomic E-state index is 12.8. The lowest BCUT2D eigenvalue weighted by Crippen LogP contribution is -2.12. The number of nitrogen functional groups attached to an aromatic ring is 1. The van der Waals surface area contributed by atoms with Gasteiger partial charge in [-0.1, -0.05) is 0 Å². The minimum Gasteiger partial charge on any atom is -0.384 e. The maximum atomic E-state index is 12.8. The fourth-order valence-electron chi connectivity index (χ4n) is 0.734. The van der Waals surface area contributed by atoms with E-state index in [0.29, 0.717) is 0 Å². The Labute approximate surface area is 88.2 Å². The summed E-state index contributed by atoms with van der Waals surface area (Å²) in [6, 6.07) is 2.17. The molecule has 0 aliphatic rings. The van der Waals surface area contributed by atoms with Crippen molar-refractivity contribution in [1.82, 2.24) is 0 Å². The number of hydrogen-bond acceptors (Lipinski definition) is 1. The molecule has 0 fully saturated rings. The van der Waals surface area contributed by atoms with E-state index in [2.05, 4.69) is 15.9 Å². The van der Waals surface area contributed by atoms with E-state index in [1.807, 2.05) is 0 Å². The van der Waals surface area contributed by atoms with Crippen LogP contribution in [-0.4, -0.2) is 5.84 Å². The molecule has 13 heavy (non-hydrogen) atoms. The van der Waals surface area contributed by atoms with Gasteiger partial charge in [-0.15, -0.1) is 12.4 Å². The molecule has 0 amide bonds. The molecule has 0 saturated heterocycles. The molecule has 1 rings (SSSR count). The molecule has 0 unspecified atom stereocenters. The van der Waals surface area contributed by atoms with Gasteiger partial charge in [0.15, 0.2) is 11.6 Å². The summed E-state index contributed by atoms with van der Waals surface area (Å²) in [6.45, 7) is 0. The highest BCUT2D eigenvalue weighted by molar-refractivity contribution is 9.10. The summed E-state index contributed by atoms with van der Waals surface area (Å²) in [5.74, 6) is -2.30. The molecule has 0 heterocycles. The van der Waals surface area contributed by atoms with Crippen molar-refractivity contribution in [3.8, 4) is 0 Å². The molecule has 0 aromatic heterocycles. The molecule has 0 spiro atoms. The summed E-state index contributed by atoms with van der Waals surface area (Å²) in [4.78, 5) is 0. The van der Waals surface area contributed by atoms with Gasteiger partial charge in [0, 0.05) is 5.56 Å². The molecular formula is C7H6BrClF2N2. The predicted molar refractivity (Wildman–Crippen MR) is 52.3 cm³/mol. The van der Waals surface area contributed by atoms with Gasteiger partial charge < -0.3 is 5.73 Å². The smallest absolute Gasteiger partial charge is 0.173 e. The van der Waals surface area contributed by atoms with E-state index in [1.54, 1.807) is 0 Å². The third kappa shape index (κ3) is 2.38. The number of hydrogen-bond donors (Lipinski definition) is 2. The highest BCUT2D eigenvalue weighted by Crippen LogP contribution is 2.22. The molecule has 0 saturated carbocycles. The van der Waals surface area contributed by atoms with Gasteiger partial charge in [-0.2, -0.15) is 0 Å². The van der Waals surface area contributed by atoms with Crippen LogP contribution in [0.2, 0.25) is 0 Å². The largest absolute Gasteiger partial charge is 0.384 e. The van der Waals surface area contributed by atoms with Crippen LogP contribution in [0.1, 0.15) is 5.56 Å². The number of halogens is 4.